The van der Waals surface area contributed by atoms with Crippen LogP contribution in [0.15, 0.2) is 54.7 Å². The van der Waals surface area contributed by atoms with Gasteiger partial charge in [0.25, 0.3) is 5.91 Å². The molecule has 0 saturated heterocycles. The van der Waals surface area contributed by atoms with Gasteiger partial charge < -0.3 is 10.1 Å². The number of anilines is 1. The molecular weight excluding hydrogens is 385 g/mol. The van der Waals surface area contributed by atoms with Crippen molar-refractivity contribution in [3.63, 3.8) is 0 Å². The van der Waals surface area contributed by atoms with Crippen molar-refractivity contribution in [3.05, 3.63) is 82.0 Å². The van der Waals surface area contributed by atoms with Crippen molar-refractivity contribution in [1.82, 2.24) is 4.98 Å². The van der Waals surface area contributed by atoms with Crippen LogP contribution in [-0.4, -0.2) is 10.9 Å². The molecule has 0 bridgehead atoms. The standard InChI is InChI=1S/C18H10Cl2F2N2O2/c19-11-2-6-17(23-9-11)26-16-5-3-12(8-13(16)20)24-18(25)10-1-4-14(21)15(22)7-10/h1-9H,(H,24,25). The van der Waals surface area contributed by atoms with Gasteiger partial charge in [0.15, 0.2) is 11.6 Å². The van der Waals surface area contributed by atoms with Gasteiger partial charge in [-0.05, 0) is 42.5 Å². The van der Waals surface area contributed by atoms with Crippen LogP contribution in [0.2, 0.25) is 10.0 Å². The van der Waals surface area contributed by atoms with Crippen molar-refractivity contribution in [2.75, 3.05) is 5.32 Å². The third kappa shape index (κ3) is 4.28. The molecule has 0 fully saturated rings. The number of halogens is 4. The molecule has 1 amide bonds. The quantitative estimate of drug-likeness (QED) is 0.616. The molecule has 0 atom stereocenters. The molecule has 0 aliphatic carbocycles. The maximum absolute atomic E-state index is 13.2. The topological polar surface area (TPSA) is 51.2 Å². The predicted octanol–water partition coefficient (Wildman–Crippen LogP) is 5.71. The Balaban J connectivity index is 1.73. The summed E-state index contributed by atoms with van der Waals surface area (Å²) in [4.78, 5) is 16.1. The van der Waals surface area contributed by atoms with E-state index in [1.165, 1.54) is 18.3 Å². The lowest BCUT2D eigenvalue weighted by atomic mass is 10.2. The highest BCUT2D eigenvalue weighted by Crippen LogP contribution is 2.31. The molecule has 0 aliphatic rings. The fourth-order valence-electron chi connectivity index (χ4n) is 2.04. The minimum Gasteiger partial charge on any atom is -0.437 e. The summed E-state index contributed by atoms with van der Waals surface area (Å²) in [5.41, 5.74) is 0.340. The number of aromatic nitrogens is 1. The highest BCUT2D eigenvalue weighted by molar-refractivity contribution is 6.32. The van der Waals surface area contributed by atoms with Gasteiger partial charge >= 0.3 is 0 Å². The van der Waals surface area contributed by atoms with E-state index in [0.717, 1.165) is 12.1 Å². The van der Waals surface area contributed by atoms with Crippen molar-refractivity contribution in [2.24, 2.45) is 0 Å². The third-order valence-corrected chi connectivity index (χ3v) is 3.81. The zero-order valence-electron chi connectivity index (χ0n) is 13.0. The van der Waals surface area contributed by atoms with E-state index in [-0.39, 0.29) is 10.6 Å². The summed E-state index contributed by atoms with van der Waals surface area (Å²) >= 11 is 11.9. The number of carbonyl (C=O) groups excluding carboxylic acids is 1. The SMILES string of the molecule is O=C(Nc1ccc(Oc2ccc(Cl)cn2)c(Cl)c1)c1ccc(F)c(F)c1. The summed E-state index contributed by atoms with van der Waals surface area (Å²) < 4.78 is 31.7. The Kier molecular flexibility index (Phi) is 5.35. The summed E-state index contributed by atoms with van der Waals surface area (Å²) in [6.07, 6.45) is 1.43. The van der Waals surface area contributed by atoms with Gasteiger partial charge in [-0.3, -0.25) is 4.79 Å². The Morgan fingerprint density at radius 3 is 2.46 bits per heavy atom. The molecular formula is C18H10Cl2F2N2O2. The van der Waals surface area contributed by atoms with E-state index >= 15 is 0 Å². The number of pyridine rings is 1. The first-order valence-electron chi connectivity index (χ1n) is 7.28. The lowest BCUT2D eigenvalue weighted by Gasteiger charge is -2.10. The summed E-state index contributed by atoms with van der Waals surface area (Å²) in [5.74, 6) is -2.10. The second-order valence-electron chi connectivity index (χ2n) is 5.14. The fourth-order valence-corrected chi connectivity index (χ4v) is 2.37. The molecule has 3 rings (SSSR count). The van der Waals surface area contributed by atoms with E-state index in [9.17, 15) is 13.6 Å². The Morgan fingerprint density at radius 1 is 1.00 bits per heavy atom. The van der Waals surface area contributed by atoms with E-state index in [1.807, 2.05) is 0 Å². The zero-order chi connectivity index (χ0) is 18.7. The molecule has 3 aromatic rings. The normalized spacial score (nSPS) is 10.5. The Labute approximate surface area is 157 Å². The minimum atomic E-state index is -1.10. The second kappa shape index (κ2) is 7.68. The van der Waals surface area contributed by atoms with Crippen LogP contribution in [0.5, 0.6) is 11.6 Å². The van der Waals surface area contributed by atoms with Crippen molar-refractivity contribution >= 4 is 34.8 Å². The monoisotopic (exact) mass is 394 g/mol. The van der Waals surface area contributed by atoms with Crippen molar-refractivity contribution in [2.45, 2.75) is 0 Å². The molecule has 0 aliphatic heterocycles. The predicted molar refractivity (Wildman–Crippen MR) is 95.1 cm³/mol. The highest BCUT2D eigenvalue weighted by atomic mass is 35.5. The molecule has 0 saturated carbocycles. The number of hydrogen-bond acceptors (Lipinski definition) is 3. The molecule has 1 aromatic heterocycles. The van der Waals surface area contributed by atoms with Gasteiger partial charge in [0.1, 0.15) is 5.75 Å². The highest BCUT2D eigenvalue weighted by Gasteiger charge is 2.12. The molecule has 2 aromatic carbocycles. The van der Waals surface area contributed by atoms with E-state index in [2.05, 4.69) is 10.3 Å². The smallest absolute Gasteiger partial charge is 0.255 e. The largest absolute Gasteiger partial charge is 0.437 e. The van der Waals surface area contributed by atoms with Gasteiger partial charge in [0.2, 0.25) is 5.88 Å². The molecule has 0 radical (unpaired) electrons. The number of rotatable bonds is 4. The molecule has 1 N–H and O–H groups in total. The van der Waals surface area contributed by atoms with Crippen molar-refractivity contribution < 1.29 is 18.3 Å². The van der Waals surface area contributed by atoms with Crippen LogP contribution in [0.3, 0.4) is 0 Å². The molecule has 132 valence electrons. The van der Waals surface area contributed by atoms with E-state index in [0.29, 0.717) is 22.3 Å². The first-order chi connectivity index (χ1) is 12.4. The molecule has 4 nitrogen and oxygen atoms in total. The van der Waals surface area contributed by atoms with Gasteiger partial charge in [-0.1, -0.05) is 23.2 Å². The van der Waals surface area contributed by atoms with Gasteiger partial charge in [-0.25, -0.2) is 13.8 Å². The maximum Gasteiger partial charge on any atom is 0.255 e. The number of carbonyl (C=O) groups is 1. The number of amides is 1. The molecule has 26 heavy (non-hydrogen) atoms. The maximum atomic E-state index is 13.2. The van der Waals surface area contributed by atoms with Crippen LogP contribution in [0.25, 0.3) is 0 Å². The van der Waals surface area contributed by atoms with Gasteiger partial charge in [-0.15, -0.1) is 0 Å². The van der Waals surface area contributed by atoms with Crippen LogP contribution in [0.1, 0.15) is 10.4 Å². The molecule has 0 unspecified atom stereocenters. The van der Waals surface area contributed by atoms with Crippen LogP contribution in [0, 0.1) is 11.6 Å². The van der Waals surface area contributed by atoms with Gasteiger partial charge in [0.05, 0.1) is 10.0 Å². The summed E-state index contributed by atoms with van der Waals surface area (Å²) in [6.45, 7) is 0. The first-order valence-corrected chi connectivity index (χ1v) is 8.03. The van der Waals surface area contributed by atoms with Crippen molar-refractivity contribution in [3.8, 4) is 11.6 Å². The van der Waals surface area contributed by atoms with Crippen molar-refractivity contribution in [1.29, 1.82) is 0 Å². The third-order valence-electron chi connectivity index (χ3n) is 3.29. The van der Waals surface area contributed by atoms with Gasteiger partial charge in [-0.2, -0.15) is 0 Å². The van der Waals surface area contributed by atoms with Crippen LogP contribution in [0.4, 0.5) is 14.5 Å². The average Bonchev–Trinajstić information content (AvgIpc) is 2.61. The van der Waals surface area contributed by atoms with Crippen LogP contribution in [-0.2, 0) is 0 Å². The van der Waals surface area contributed by atoms with Crippen LogP contribution < -0.4 is 10.1 Å². The Hall–Kier alpha value is -2.70. The number of nitrogens with zero attached hydrogens (tertiary/aromatic N) is 1. The summed E-state index contributed by atoms with van der Waals surface area (Å²) in [7, 11) is 0. The van der Waals surface area contributed by atoms with Gasteiger partial charge in [0, 0.05) is 23.5 Å². The van der Waals surface area contributed by atoms with Crippen LogP contribution >= 0.6 is 23.2 Å². The minimum absolute atomic E-state index is 0.0225. The Bertz CT molecular complexity index is 966. The zero-order valence-corrected chi connectivity index (χ0v) is 14.5. The molecule has 1 heterocycles. The van der Waals surface area contributed by atoms with E-state index < -0.39 is 17.5 Å². The summed E-state index contributed by atoms with van der Waals surface area (Å²) in [6, 6.07) is 10.6. The van der Waals surface area contributed by atoms with E-state index in [4.69, 9.17) is 27.9 Å². The number of hydrogen-bond donors (Lipinski definition) is 1. The lowest BCUT2D eigenvalue weighted by molar-refractivity contribution is 0.102. The summed E-state index contributed by atoms with van der Waals surface area (Å²) in [5, 5.41) is 3.24. The second-order valence-corrected chi connectivity index (χ2v) is 5.99. The number of ether oxygens (including phenoxy) is 1. The lowest BCUT2D eigenvalue weighted by Crippen LogP contribution is -2.12. The molecule has 8 heteroatoms. The first kappa shape index (κ1) is 18.1. The Morgan fingerprint density at radius 2 is 1.81 bits per heavy atom. The van der Waals surface area contributed by atoms with E-state index in [1.54, 1.807) is 24.3 Å². The molecule has 0 spiro atoms. The fraction of sp³-hybridized carbons (Fsp3) is 0. The average molecular weight is 395 g/mol. The number of nitrogens with one attached hydrogen (secondary N) is 1. The number of benzene rings is 2.